The number of hydrogen-bond donors (Lipinski definition) is 2. The number of methoxy groups -OCH3 is 1. The highest BCUT2D eigenvalue weighted by atomic mass is 16.5. The second kappa shape index (κ2) is 5.58. The molecule has 0 saturated heterocycles. The van der Waals surface area contributed by atoms with Crippen LogP contribution in [0.25, 0.3) is 0 Å². The molecule has 4 heteroatoms. The number of carbonyl (C=O) groups is 1. The van der Waals surface area contributed by atoms with Crippen LogP contribution in [0.2, 0.25) is 0 Å². The topological polar surface area (TPSA) is 64.3 Å². The fourth-order valence-corrected chi connectivity index (χ4v) is 0.506. The fraction of sp³-hybridized carbons (Fsp3) is 0.571. The lowest BCUT2D eigenvalue weighted by atomic mass is 10.4. The second-order valence-electron chi connectivity index (χ2n) is 2.05. The molecule has 0 aromatic heterocycles. The molecule has 0 spiro atoms. The largest absolute Gasteiger partial charge is 0.466 e. The molecule has 0 saturated carbocycles. The van der Waals surface area contributed by atoms with Gasteiger partial charge in [-0.2, -0.15) is 0 Å². The summed E-state index contributed by atoms with van der Waals surface area (Å²) in [5.74, 6) is -0.0928. The van der Waals surface area contributed by atoms with Crippen LogP contribution in [0.1, 0.15) is 13.3 Å². The molecule has 4 nitrogen and oxygen atoms in total. The summed E-state index contributed by atoms with van der Waals surface area (Å²) in [6.07, 6.45) is 2.19. The van der Waals surface area contributed by atoms with Crippen molar-refractivity contribution in [2.75, 3.05) is 13.7 Å². The second-order valence-corrected chi connectivity index (χ2v) is 2.05. The van der Waals surface area contributed by atoms with Gasteiger partial charge in [0.2, 0.25) is 0 Å². The Kier molecular flexibility index (Phi) is 4.98. The Morgan fingerprint density at radius 1 is 1.73 bits per heavy atom. The molecule has 0 aliphatic heterocycles. The molecule has 0 amide bonds. The molecule has 0 aliphatic carbocycles. The van der Waals surface area contributed by atoms with Crippen molar-refractivity contribution in [3.63, 3.8) is 0 Å². The maximum atomic E-state index is 10.6. The SMILES string of the molecule is CCCNC(N)=CC(=O)OC. The van der Waals surface area contributed by atoms with Crippen molar-refractivity contribution in [2.24, 2.45) is 5.73 Å². The molecule has 0 aromatic rings. The molecule has 0 heterocycles. The van der Waals surface area contributed by atoms with Crippen molar-refractivity contribution in [1.29, 1.82) is 0 Å². The maximum Gasteiger partial charge on any atom is 0.334 e. The van der Waals surface area contributed by atoms with Gasteiger partial charge in [0.15, 0.2) is 0 Å². The average molecular weight is 158 g/mol. The lowest BCUT2D eigenvalue weighted by Gasteiger charge is -2.02. The molecular weight excluding hydrogens is 144 g/mol. The van der Waals surface area contributed by atoms with Gasteiger partial charge < -0.3 is 15.8 Å². The zero-order valence-electron chi connectivity index (χ0n) is 6.89. The van der Waals surface area contributed by atoms with Crippen molar-refractivity contribution in [3.05, 3.63) is 11.9 Å². The smallest absolute Gasteiger partial charge is 0.334 e. The number of hydrogen-bond acceptors (Lipinski definition) is 4. The molecule has 0 unspecified atom stereocenters. The molecular formula is C7H14N2O2. The van der Waals surface area contributed by atoms with E-state index in [0.717, 1.165) is 13.0 Å². The highest BCUT2D eigenvalue weighted by molar-refractivity contribution is 5.82. The van der Waals surface area contributed by atoms with Crippen molar-refractivity contribution in [1.82, 2.24) is 5.32 Å². The van der Waals surface area contributed by atoms with Crippen molar-refractivity contribution >= 4 is 5.97 Å². The molecule has 64 valence electrons. The van der Waals surface area contributed by atoms with E-state index in [4.69, 9.17) is 5.73 Å². The third-order valence-corrected chi connectivity index (χ3v) is 1.05. The number of rotatable bonds is 4. The molecule has 11 heavy (non-hydrogen) atoms. The highest BCUT2D eigenvalue weighted by Crippen LogP contribution is 1.81. The number of esters is 1. The molecule has 0 fully saturated rings. The average Bonchev–Trinajstić information content (AvgIpc) is 2.00. The first-order valence-corrected chi connectivity index (χ1v) is 3.49. The molecule has 0 aromatic carbocycles. The van der Waals surface area contributed by atoms with Crippen LogP contribution in [0.3, 0.4) is 0 Å². The number of nitrogens with two attached hydrogens (primary N) is 1. The van der Waals surface area contributed by atoms with E-state index in [1.165, 1.54) is 13.2 Å². The first kappa shape index (κ1) is 9.81. The molecule has 0 radical (unpaired) electrons. The van der Waals surface area contributed by atoms with Gasteiger partial charge in [-0.1, -0.05) is 6.92 Å². The summed E-state index contributed by atoms with van der Waals surface area (Å²) in [4.78, 5) is 10.6. The molecule has 3 N–H and O–H groups in total. The summed E-state index contributed by atoms with van der Waals surface area (Å²) in [6, 6.07) is 0. The lowest BCUT2D eigenvalue weighted by Crippen LogP contribution is -2.22. The van der Waals surface area contributed by atoms with Gasteiger partial charge in [-0.3, -0.25) is 0 Å². The Morgan fingerprint density at radius 2 is 2.36 bits per heavy atom. The summed E-state index contributed by atoms with van der Waals surface area (Å²) in [5.41, 5.74) is 5.39. The first-order chi connectivity index (χ1) is 5.20. The highest BCUT2D eigenvalue weighted by Gasteiger charge is 1.94. The van der Waals surface area contributed by atoms with Gasteiger partial charge in [0.1, 0.15) is 5.82 Å². The van der Waals surface area contributed by atoms with Gasteiger partial charge in [0.05, 0.1) is 13.2 Å². The van der Waals surface area contributed by atoms with Gasteiger partial charge >= 0.3 is 5.97 Å². The van der Waals surface area contributed by atoms with Gasteiger partial charge in [0.25, 0.3) is 0 Å². The van der Waals surface area contributed by atoms with Crippen LogP contribution in [0.4, 0.5) is 0 Å². The van der Waals surface area contributed by atoms with E-state index in [1.54, 1.807) is 0 Å². The minimum Gasteiger partial charge on any atom is -0.466 e. The molecule has 0 aliphatic rings. The Bertz CT molecular complexity index is 155. The van der Waals surface area contributed by atoms with E-state index in [2.05, 4.69) is 10.1 Å². The summed E-state index contributed by atoms with van der Waals surface area (Å²) in [7, 11) is 1.31. The standard InChI is InChI=1S/C7H14N2O2/c1-3-4-9-6(8)5-7(10)11-2/h5,9H,3-4,8H2,1-2H3. The number of carbonyl (C=O) groups excluding carboxylic acids is 1. The van der Waals surface area contributed by atoms with Crippen LogP contribution in [-0.4, -0.2) is 19.6 Å². The van der Waals surface area contributed by atoms with Crippen LogP contribution in [0, 0.1) is 0 Å². The van der Waals surface area contributed by atoms with Crippen LogP contribution in [0.5, 0.6) is 0 Å². The van der Waals surface area contributed by atoms with Crippen LogP contribution in [0.15, 0.2) is 11.9 Å². The van der Waals surface area contributed by atoms with Crippen LogP contribution in [-0.2, 0) is 9.53 Å². The summed E-state index contributed by atoms with van der Waals surface area (Å²) in [6.45, 7) is 2.78. The van der Waals surface area contributed by atoms with Crippen molar-refractivity contribution in [3.8, 4) is 0 Å². The third-order valence-electron chi connectivity index (χ3n) is 1.05. The van der Waals surface area contributed by atoms with Crippen molar-refractivity contribution in [2.45, 2.75) is 13.3 Å². The summed E-state index contributed by atoms with van der Waals surface area (Å²) < 4.78 is 4.37. The monoisotopic (exact) mass is 158 g/mol. The molecule has 0 rings (SSSR count). The minimum atomic E-state index is -0.439. The third kappa shape index (κ3) is 5.26. The summed E-state index contributed by atoms with van der Waals surface area (Å²) in [5, 5.41) is 2.84. The maximum absolute atomic E-state index is 10.6. The van der Waals surface area contributed by atoms with Crippen LogP contribution >= 0.6 is 0 Å². The zero-order chi connectivity index (χ0) is 8.69. The van der Waals surface area contributed by atoms with E-state index in [1.807, 2.05) is 6.92 Å². The Hall–Kier alpha value is -1.19. The minimum absolute atomic E-state index is 0.346. The predicted octanol–water partition coefficient (Wildman–Crippen LogP) is -0.0409. The quantitative estimate of drug-likeness (QED) is 0.445. The van der Waals surface area contributed by atoms with Gasteiger partial charge in [-0.25, -0.2) is 4.79 Å². The van der Waals surface area contributed by atoms with Crippen molar-refractivity contribution < 1.29 is 9.53 Å². The van der Waals surface area contributed by atoms with E-state index >= 15 is 0 Å². The molecule has 0 atom stereocenters. The zero-order valence-corrected chi connectivity index (χ0v) is 6.89. The van der Waals surface area contributed by atoms with E-state index in [-0.39, 0.29) is 0 Å². The number of ether oxygens (including phenoxy) is 1. The first-order valence-electron chi connectivity index (χ1n) is 3.49. The lowest BCUT2D eigenvalue weighted by molar-refractivity contribution is -0.134. The Balaban J connectivity index is 3.70. The fourth-order valence-electron chi connectivity index (χ4n) is 0.506. The van der Waals surface area contributed by atoms with Gasteiger partial charge in [0, 0.05) is 6.54 Å². The van der Waals surface area contributed by atoms with E-state index in [0.29, 0.717) is 5.82 Å². The molecule has 0 bridgehead atoms. The Morgan fingerprint density at radius 3 is 2.82 bits per heavy atom. The van der Waals surface area contributed by atoms with Gasteiger partial charge in [-0.05, 0) is 6.42 Å². The Labute approximate surface area is 66.4 Å². The van der Waals surface area contributed by atoms with Crippen LogP contribution < -0.4 is 11.1 Å². The van der Waals surface area contributed by atoms with E-state index < -0.39 is 5.97 Å². The summed E-state index contributed by atoms with van der Waals surface area (Å²) >= 11 is 0. The van der Waals surface area contributed by atoms with Gasteiger partial charge in [-0.15, -0.1) is 0 Å². The predicted molar refractivity (Wildman–Crippen MR) is 42.6 cm³/mol. The number of nitrogens with one attached hydrogen (secondary N) is 1. The normalized spacial score (nSPS) is 10.9. The van der Waals surface area contributed by atoms with E-state index in [9.17, 15) is 4.79 Å².